The lowest BCUT2D eigenvalue weighted by Crippen LogP contribution is -2.36. The van der Waals surface area contributed by atoms with Crippen LogP contribution in [0.15, 0.2) is 107 Å². The van der Waals surface area contributed by atoms with E-state index in [4.69, 9.17) is 4.74 Å². The van der Waals surface area contributed by atoms with Crippen molar-refractivity contribution in [1.82, 2.24) is 9.73 Å². The standard InChI is InChI=1S/C27H25N3O4S/c1-30(35(32,33)25-16-15-22-11-5-6-12-23(22)17-25)19-27(31)29-28-18-24-13-7-8-14-26(24)34-20-21-9-3-2-4-10-21/h2-18H,19-20H2,1H3,(H,29,31)/b28-18-. The molecule has 1 N–H and O–H groups in total. The molecule has 0 fully saturated rings. The highest BCUT2D eigenvalue weighted by Gasteiger charge is 2.23. The van der Waals surface area contributed by atoms with E-state index >= 15 is 0 Å². The second-order valence-corrected chi connectivity index (χ2v) is 9.92. The summed E-state index contributed by atoms with van der Waals surface area (Å²) in [6.45, 7) is 0.0220. The molecular formula is C27H25N3O4S. The predicted octanol–water partition coefficient (Wildman–Crippen LogP) is 4.19. The Morgan fingerprint density at radius 2 is 1.60 bits per heavy atom. The van der Waals surface area contributed by atoms with Crippen molar-refractivity contribution >= 4 is 32.9 Å². The Bertz CT molecular complexity index is 1450. The van der Waals surface area contributed by atoms with Crippen LogP contribution in [0.5, 0.6) is 5.75 Å². The van der Waals surface area contributed by atoms with E-state index in [2.05, 4.69) is 10.5 Å². The number of nitrogens with one attached hydrogen (secondary N) is 1. The third kappa shape index (κ3) is 6.11. The van der Waals surface area contributed by atoms with E-state index in [1.54, 1.807) is 12.1 Å². The summed E-state index contributed by atoms with van der Waals surface area (Å²) in [5.41, 5.74) is 4.10. The Morgan fingerprint density at radius 1 is 0.914 bits per heavy atom. The molecule has 0 heterocycles. The molecule has 0 aliphatic carbocycles. The first kappa shape index (κ1) is 24.1. The van der Waals surface area contributed by atoms with Gasteiger partial charge in [-0.2, -0.15) is 9.41 Å². The molecule has 1 amide bonds. The number of para-hydroxylation sites is 1. The van der Waals surface area contributed by atoms with Crippen molar-refractivity contribution in [3.8, 4) is 5.75 Å². The van der Waals surface area contributed by atoms with Crippen LogP contribution >= 0.6 is 0 Å². The summed E-state index contributed by atoms with van der Waals surface area (Å²) < 4.78 is 32.7. The van der Waals surface area contributed by atoms with Gasteiger partial charge in [0, 0.05) is 12.6 Å². The SMILES string of the molecule is CN(CC(=O)N/N=C\c1ccccc1OCc1ccccc1)S(=O)(=O)c1ccc2ccccc2c1. The molecule has 0 radical (unpaired) electrons. The number of hydrogen-bond donors (Lipinski definition) is 1. The van der Waals surface area contributed by atoms with Crippen LogP contribution < -0.4 is 10.2 Å². The fourth-order valence-corrected chi connectivity index (χ4v) is 4.62. The molecule has 0 aromatic heterocycles. The van der Waals surface area contributed by atoms with Crippen molar-refractivity contribution in [1.29, 1.82) is 0 Å². The third-order valence-corrected chi connectivity index (χ3v) is 7.14. The summed E-state index contributed by atoms with van der Waals surface area (Å²) >= 11 is 0. The molecule has 7 nitrogen and oxygen atoms in total. The van der Waals surface area contributed by atoms with Crippen LogP contribution in [-0.2, 0) is 21.4 Å². The second kappa shape index (κ2) is 10.9. The molecule has 0 saturated carbocycles. The van der Waals surface area contributed by atoms with Crippen molar-refractivity contribution in [3.63, 3.8) is 0 Å². The minimum Gasteiger partial charge on any atom is -0.488 e. The number of carbonyl (C=O) groups is 1. The van der Waals surface area contributed by atoms with E-state index in [0.717, 1.165) is 20.6 Å². The Labute approximate surface area is 204 Å². The van der Waals surface area contributed by atoms with Crippen LogP contribution in [0.4, 0.5) is 0 Å². The Kier molecular flexibility index (Phi) is 7.54. The van der Waals surface area contributed by atoms with Gasteiger partial charge in [-0.05, 0) is 40.6 Å². The highest BCUT2D eigenvalue weighted by atomic mass is 32.2. The molecule has 0 bridgehead atoms. The van der Waals surface area contributed by atoms with Crippen molar-refractivity contribution in [2.24, 2.45) is 5.10 Å². The zero-order valence-electron chi connectivity index (χ0n) is 19.2. The van der Waals surface area contributed by atoms with Crippen LogP contribution in [-0.4, -0.2) is 38.4 Å². The number of likely N-dealkylation sites (N-methyl/N-ethyl adjacent to an activating group) is 1. The van der Waals surface area contributed by atoms with Gasteiger partial charge in [-0.25, -0.2) is 13.8 Å². The molecule has 4 rings (SSSR count). The number of benzene rings is 4. The van der Waals surface area contributed by atoms with Crippen LogP contribution in [0.3, 0.4) is 0 Å². The highest BCUT2D eigenvalue weighted by molar-refractivity contribution is 7.89. The Balaban J connectivity index is 1.36. The molecule has 4 aromatic carbocycles. The van der Waals surface area contributed by atoms with Gasteiger partial charge in [0.1, 0.15) is 12.4 Å². The third-order valence-electron chi connectivity index (χ3n) is 5.34. The van der Waals surface area contributed by atoms with Crippen LogP contribution in [0.25, 0.3) is 10.8 Å². The van der Waals surface area contributed by atoms with Gasteiger partial charge >= 0.3 is 0 Å². The summed E-state index contributed by atoms with van der Waals surface area (Å²) in [5.74, 6) is 0.0566. The monoisotopic (exact) mass is 487 g/mol. The van der Waals surface area contributed by atoms with Gasteiger partial charge in [-0.15, -0.1) is 0 Å². The largest absolute Gasteiger partial charge is 0.488 e. The van der Waals surface area contributed by atoms with E-state index in [-0.39, 0.29) is 11.4 Å². The number of sulfonamides is 1. The first-order valence-corrected chi connectivity index (χ1v) is 12.4. The van der Waals surface area contributed by atoms with Gasteiger partial charge in [0.25, 0.3) is 5.91 Å². The minimum atomic E-state index is -3.84. The first-order valence-electron chi connectivity index (χ1n) is 11.0. The quantitative estimate of drug-likeness (QED) is 0.283. The normalized spacial score (nSPS) is 11.7. The van der Waals surface area contributed by atoms with Crippen LogP contribution in [0.2, 0.25) is 0 Å². The fraction of sp³-hybridized carbons (Fsp3) is 0.111. The van der Waals surface area contributed by atoms with Crippen molar-refractivity contribution in [2.75, 3.05) is 13.6 Å². The fourth-order valence-electron chi connectivity index (χ4n) is 3.46. The zero-order valence-corrected chi connectivity index (χ0v) is 20.0. The average Bonchev–Trinajstić information content (AvgIpc) is 2.88. The number of fused-ring (bicyclic) bond motifs is 1. The molecule has 4 aromatic rings. The Morgan fingerprint density at radius 3 is 2.40 bits per heavy atom. The summed E-state index contributed by atoms with van der Waals surface area (Å²) in [4.78, 5) is 12.5. The molecule has 0 aliphatic rings. The number of hydrazone groups is 1. The summed E-state index contributed by atoms with van der Waals surface area (Å²) in [6, 6.07) is 29.5. The molecule has 35 heavy (non-hydrogen) atoms. The first-order chi connectivity index (χ1) is 16.9. The lowest BCUT2D eigenvalue weighted by atomic mass is 10.1. The lowest BCUT2D eigenvalue weighted by Gasteiger charge is -2.16. The maximum Gasteiger partial charge on any atom is 0.255 e. The van der Waals surface area contributed by atoms with Crippen LogP contribution in [0.1, 0.15) is 11.1 Å². The Hall–Kier alpha value is -4.01. The van der Waals surface area contributed by atoms with E-state index in [1.807, 2.05) is 78.9 Å². The van der Waals surface area contributed by atoms with E-state index in [0.29, 0.717) is 17.9 Å². The topological polar surface area (TPSA) is 88.1 Å². The zero-order chi connectivity index (χ0) is 24.7. The minimum absolute atomic E-state index is 0.125. The number of hydrogen-bond acceptors (Lipinski definition) is 5. The molecule has 8 heteroatoms. The number of nitrogens with zero attached hydrogens (tertiary/aromatic N) is 2. The maximum absolute atomic E-state index is 12.9. The van der Waals surface area contributed by atoms with Crippen molar-refractivity contribution < 1.29 is 17.9 Å². The van der Waals surface area contributed by atoms with E-state index in [1.165, 1.54) is 19.3 Å². The van der Waals surface area contributed by atoms with Gasteiger partial charge in [-0.1, -0.05) is 72.8 Å². The van der Waals surface area contributed by atoms with Gasteiger partial charge in [-0.3, -0.25) is 4.79 Å². The van der Waals surface area contributed by atoms with Gasteiger partial charge in [0.05, 0.1) is 17.7 Å². The number of ether oxygens (including phenoxy) is 1. The molecular weight excluding hydrogens is 462 g/mol. The van der Waals surface area contributed by atoms with Gasteiger partial charge < -0.3 is 4.74 Å². The van der Waals surface area contributed by atoms with E-state index < -0.39 is 15.9 Å². The predicted molar refractivity (Wildman–Crippen MR) is 137 cm³/mol. The van der Waals surface area contributed by atoms with Crippen molar-refractivity contribution in [3.05, 3.63) is 108 Å². The number of amides is 1. The van der Waals surface area contributed by atoms with Crippen molar-refractivity contribution in [2.45, 2.75) is 11.5 Å². The molecule has 0 atom stereocenters. The summed E-state index contributed by atoms with van der Waals surface area (Å²) in [6.07, 6.45) is 1.47. The molecule has 0 unspecified atom stereocenters. The van der Waals surface area contributed by atoms with Gasteiger partial charge in [0.2, 0.25) is 10.0 Å². The summed E-state index contributed by atoms with van der Waals surface area (Å²) in [7, 11) is -2.48. The van der Waals surface area contributed by atoms with Crippen LogP contribution in [0, 0.1) is 0 Å². The maximum atomic E-state index is 12.9. The second-order valence-electron chi connectivity index (χ2n) is 7.88. The highest BCUT2D eigenvalue weighted by Crippen LogP contribution is 2.21. The smallest absolute Gasteiger partial charge is 0.255 e. The molecule has 0 spiro atoms. The molecule has 0 aliphatic heterocycles. The lowest BCUT2D eigenvalue weighted by molar-refractivity contribution is -0.121. The number of rotatable bonds is 9. The summed E-state index contributed by atoms with van der Waals surface area (Å²) in [5, 5.41) is 5.73. The van der Waals surface area contributed by atoms with E-state index in [9.17, 15) is 13.2 Å². The van der Waals surface area contributed by atoms with Gasteiger partial charge in [0.15, 0.2) is 0 Å². The molecule has 178 valence electrons. The molecule has 0 saturated heterocycles. The average molecular weight is 488 g/mol. The number of carbonyl (C=O) groups excluding carboxylic acids is 1.